The van der Waals surface area contributed by atoms with Crippen molar-refractivity contribution in [1.82, 2.24) is 14.5 Å². The highest BCUT2D eigenvalue weighted by molar-refractivity contribution is 6.76. The molecule has 27 heavy (non-hydrogen) atoms. The molecule has 0 aliphatic heterocycles. The van der Waals surface area contributed by atoms with Crippen LogP contribution in [0.1, 0.15) is 37.7 Å². The fourth-order valence-corrected chi connectivity index (χ4v) is 4.19. The van der Waals surface area contributed by atoms with Gasteiger partial charge in [-0.05, 0) is 43.3 Å². The molecule has 0 amide bonds. The van der Waals surface area contributed by atoms with Crippen molar-refractivity contribution in [3.63, 3.8) is 0 Å². The van der Waals surface area contributed by atoms with Gasteiger partial charge in [-0.25, -0.2) is 0 Å². The molecule has 1 fully saturated rings. The number of halogens is 1. The van der Waals surface area contributed by atoms with Crippen LogP contribution in [-0.2, 0) is 11.5 Å². The summed E-state index contributed by atoms with van der Waals surface area (Å²) < 4.78 is 13.8. The molecule has 2 aromatic heterocycles. The van der Waals surface area contributed by atoms with Crippen LogP contribution in [0, 0.1) is 11.3 Å². The van der Waals surface area contributed by atoms with Gasteiger partial charge in [0.25, 0.3) is 0 Å². The molecule has 1 aliphatic carbocycles. The van der Waals surface area contributed by atoms with E-state index in [0.717, 1.165) is 31.7 Å². The molecule has 0 unspecified atom stereocenters. The minimum absolute atomic E-state index is 0.121. The lowest BCUT2D eigenvalue weighted by Gasteiger charge is -2.22. The molecular formula is C19H27ClN4O2Si. The molecule has 0 saturated heterocycles. The summed E-state index contributed by atoms with van der Waals surface area (Å²) in [7, 11) is -1.15. The van der Waals surface area contributed by atoms with Crippen LogP contribution >= 0.6 is 11.6 Å². The summed E-state index contributed by atoms with van der Waals surface area (Å²) in [4.78, 5) is 8.62. The normalized spacial score (nSPS) is 15.8. The monoisotopic (exact) mass is 406 g/mol. The number of ether oxygens (including phenoxy) is 2. The van der Waals surface area contributed by atoms with Gasteiger partial charge in [0.2, 0.25) is 11.2 Å². The minimum Gasteiger partial charge on any atom is -0.474 e. The standard InChI is InChI=1S/C19H27ClN4O2Si/c1-27(2,3)10-9-25-13-24-12-14(11-21)16-17(24)22-19(20)23-18(16)26-15-7-5-4-6-8-15/h12,15H,4-10,13H2,1-3H3. The smallest absolute Gasteiger partial charge is 0.229 e. The van der Waals surface area contributed by atoms with Crippen LogP contribution in [0.3, 0.4) is 0 Å². The van der Waals surface area contributed by atoms with Gasteiger partial charge in [-0.2, -0.15) is 15.2 Å². The Bertz CT molecular complexity index is 835. The van der Waals surface area contributed by atoms with Crippen LogP contribution in [0.15, 0.2) is 6.20 Å². The molecule has 0 aromatic carbocycles. The lowest BCUT2D eigenvalue weighted by atomic mass is 9.98. The van der Waals surface area contributed by atoms with E-state index >= 15 is 0 Å². The maximum atomic E-state index is 9.58. The molecule has 0 N–H and O–H groups in total. The highest BCUT2D eigenvalue weighted by Crippen LogP contribution is 2.32. The second kappa shape index (κ2) is 8.59. The van der Waals surface area contributed by atoms with Crippen molar-refractivity contribution in [3.8, 4) is 11.9 Å². The first kappa shape index (κ1) is 20.1. The third-order valence-electron chi connectivity index (χ3n) is 4.83. The molecule has 8 heteroatoms. The Kier molecular flexibility index (Phi) is 6.40. The summed E-state index contributed by atoms with van der Waals surface area (Å²) in [6.07, 6.45) is 7.44. The van der Waals surface area contributed by atoms with Gasteiger partial charge in [0.1, 0.15) is 18.9 Å². The maximum Gasteiger partial charge on any atom is 0.229 e. The van der Waals surface area contributed by atoms with Gasteiger partial charge < -0.3 is 14.0 Å². The van der Waals surface area contributed by atoms with Crippen LogP contribution in [0.4, 0.5) is 0 Å². The van der Waals surface area contributed by atoms with Crippen molar-refractivity contribution in [2.45, 2.75) is 70.6 Å². The van der Waals surface area contributed by atoms with E-state index in [0.29, 0.717) is 35.8 Å². The number of nitrogens with zero attached hydrogens (tertiary/aromatic N) is 4. The Morgan fingerprint density at radius 3 is 2.67 bits per heavy atom. The molecule has 2 heterocycles. The molecule has 0 bridgehead atoms. The van der Waals surface area contributed by atoms with Crippen LogP contribution in [0.25, 0.3) is 11.0 Å². The summed E-state index contributed by atoms with van der Waals surface area (Å²) in [6.45, 7) is 7.98. The first-order chi connectivity index (χ1) is 12.9. The van der Waals surface area contributed by atoms with Gasteiger partial charge in [-0.3, -0.25) is 0 Å². The van der Waals surface area contributed by atoms with E-state index in [1.165, 1.54) is 6.42 Å². The number of aromatic nitrogens is 3. The van der Waals surface area contributed by atoms with Gasteiger partial charge in [-0.1, -0.05) is 26.1 Å². The van der Waals surface area contributed by atoms with Crippen LogP contribution in [-0.4, -0.2) is 35.3 Å². The number of rotatable bonds is 7. The number of hydrogen-bond acceptors (Lipinski definition) is 5. The molecule has 0 atom stereocenters. The Hall–Kier alpha value is -1.62. The maximum absolute atomic E-state index is 9.58. The SMILES string of the molecule is C[Si](C)(C)CCOCn1cc(C#N)c2c(OC3CCCCC3)nc(Cl)nc21. The molecule has 0 spiro atoms. The quantitative estimate of drug-likeness (QED) is 0.368. The lowest BCUT2D eigenvalue weighted by molar-refractivity contribution is 0.0898. The average Bonchev–Trinajstić information content (AvgIpc) is 2.96. The van der Waals surface area contributed by atoms with Gasteiger partial charge in [0.15, 0.2) is 5.65 Å². The number of nitriles is 1. The van der Waals surface area contributed by atoms with Crippen LogP contribution in [0.5, 0.6) is 5.88 Å². The zero-order chi connectivity index (χ0) is 19.4. The summed E-state index contributed by atoms with van der Waals surface area (Å²) >= 11 is 6.15. The predicted molar refractivity (Wildman–Crippen MR) is 109 cm³/mol. The van der Waals surface area contributed by atoms with Crippen molar-refractivity contribution in [1.29, 1.82) is 5.26 Å². The van der Waals surface area contributed by atoms with Gasteiger partial charge in [0.05, 0.1) is 10.9 Å². The number of hydrogen-bond donors (Lipinski definition) is 0. The topological polar surface area (TPSA) is 73.0 Å². The van der Waals surface area contributed by atoms with Crippen LogP contribution < -0.4 is 4.74 Å². The first-order valence-corrected chi connectivity index (χ1v) is 13.7. The Morgan fingerprint density at radius 2 is 2.00 bits per heavy atom. The second-order valence-electron chi connectivity index (χ2n) is 8.35. The van der Waals surface area contributed by atoms with E-state index in [1.54, 1.807) is 6.20 Å². The van der Waals surface area contributed by atoms with Gasteiger partial charge in [-0.15, -0.1) is 0 Å². The molecule has 3 rings (SSSR count). The van der Waals surface area contributed by atoms with E-state index in [2.05, 4.69) is 35.7 Å². The van der Waals surface area contributed by atoms with E-state index < -0.39 is 8.07 Å². The molecule has 146 valence electrons. The van der Waals surface area contributed by atoms with Crippen molar-refractivity contribution >= 4 is 30.7 Å². The third kappa shape index (κ3) is 5.22. The van der Waals surface area contributed by atoms with Crippen molar-refractivity contribution in [2.75, 3.05) is 6.61 Å². The second-order valence-corrected chi connectivity index (χ2v) is 14.3. The highest BCUT2D eigenvalue weighted by Gasteiger charge is 2.22. The summed E-state index contributed by atoms with van der Waals surface area (Å²) in [5, 5.41) is 10.3. The van der Waals surface area contributed by atoms with E-state index in [4.69, 9.17) is 21.1 Å². The molecule has 1 aliphatic rings. The largest absolute Gasteiger partial charge is 0.474 e. The third-order valence-corrected chi connectivity index (χ3v) is 6.71. The van der Waals surface area contributed by atoms with Gasteiger partial charge >= 0.3 is 0 Å². The molecular weight excluding hydrogens is 380 g/mol. The molecule has 0 radical (unpaired) electrons. The number of fused-ring (bicyclic) bond motifs is 1. The fraction of sp³-hybridized carbons (Fsp3) is 0.632. The zero-order valence-corrected chi connectivity index (χ0v) is 18.1. The summed E-state index contributed by atoms with van der Waals surface area (Å²) in [5.41, 5.74) is 1.08. The van der Waals surface area contributed by atoms with Crippen molar-refractivity contribution < 1.29 is 9.47 Å². The molecule has 1 saturated carbocycles. The van der Waals surface area contributed by atoms with Crippen molar-refractivity contribution in [2.24, 2.45) is 0 Å². The molecule has 6 nitrogen and oxygen atoms in total. The summed E-state index contributed by atoms with van der Waals surface area (Å²) in [5.74, 6) is 0.411. The average molecular weight is 407 g/mol. The van der Waals surface area contributed by atoms with E-state index in [1.807, 2.05) is 4.57 Å². The van der Waals surface area contributed by atoms with Crippen molar-refractivity contribution in [3.05, 3.63) is 17.0 Å². The minimum atomic E-state index is -1.15. The van der Waals surface area contributed by atoms with Gasteiger partial charge in [0, 0.05) is 20.9 Å². The first-order valence-electron chi connectivity index (χ1n) is 9.58. The highest BCUT2D eigenvalue weighted by atomic mass is 35.5. The Labute approximate surface area is 166 Å². The Morgan fingerprint density at radius 1 is 1.26 bits per heavy atom. The lowest BCUT2D eigenvalue weighted by Crippen LogP contribution is -2.22. The van der Waals surface area contributed by atoms with E-state index in [-0.39, 0.29) is 11.4 Å². The van der Waals surface area contributed by atoms with Crippen LogP contribution in [0.2, 0.25) is 31.0 Å². The predicted octanol–water partition coefficient (Wildman–Crippen LogP) is 4.98. The molecule has 2 aromatic rings. The zero-order valence-electron chi connectivity index (χ0n) is 16.3. The summed E-state index contributed by atoms with van der Waals surface area (Å²) in [6, 6.07) is 3.32. The Balaban J connectivity index is 1.84. The fourth-order valence-electron chi connectivity index (χ4n) is 3.28. The van der Waals surface area contributed by atoms with E-state index in [9.17, 15) is 5.26 Å².